The van der Waals surface area contributed by atoms with Gasteiger partial charge in [0, 0.05) is 33.7 Å². The summed E-state index contributed by atoms with van der Waals surface area (Å²) in [6.07, 6.45) is 0. The fourth-order valence-corrected chi connectivity index (χ4v) is 7.07. The molecule has 57 heavy (non-hydrogen) atoms. The summed E-state index contributed by atoms with van der Waals surface area (Å²) < 4.78 is 2.76. The quantitative estimate of drug-likeness (QED) is 0.0630. The molecule has 0 aliphatic rings. The van der Waals surface area contributed by atoms with Gasteiger partial charge in [-0.2, -0.15) is 0 Å². The maximum Gasteiger partial charge on any atom is 0.259 e. The molecule has 10 N–H and O–H groups in total. The number of phenols is 8. The molecule has 6 aromatic carbocycles. The predicted octanol–water partition coefficient (Wildman–Crippen LogP) is 7.84. The van der Waals surface area contributed by atoms with Gasteiger partial charge in [-0.3, -0.25) is 9.59 Å². The van der Waals surface area contributed by atoms with Crippen molar-refractivity contribution in [1.29, 1.82) is 0 Å². The van der Waals surface area contributed by atoms with Crippen LogP contribution in [-0.4, -0.2) is 55.5 Å². The molecule has 0 atom stereocenters. The molecule has 17 heteroatoms. The number of nitrogens with zero attached hydrogens (tertiary/aromatic N) is 2. The normalized spacial score (nSPS) is 11.2. The van der Waals surface area contributed by atoms with Crippen LogP contribution < -0.4 is 11.1 Å². The molecule has 0 saturated heterocycles. The number of benzene rings is 6. The van der Waals surface area contributed by atoms with Gasteiger partial charge in [-0.05, 0) is 71.8 Å². The lowest BCUT2D eigenvalue weighted by Crippen LogP contribution is -2.21. The van der Waals surface area contributed by atoms with E-state index in [4.69, 9.17) is 46.4 Å². The number of fused-ring (bicyclic) bond motifs is 6. The number of phenolic OH excluding ortho intramolecular Hbond substituents is 8. The summed E-state index contributed by atoms with van der Waals surface area (Å²) in [6, 6.07) is 19.9. The summed E-state index contributed by atoms with van der Waals surface area (Å²) >= 11 is 24.0. The second kappa shape index (κ2) is 15.4. The Hall–Kier alpha value is -6.22. The van der Waals surface area contributed by atoms with E-state index < -0.39 is 45.6 Å². The second-order valence-corrected chi connectivity index (χ2v) is 14.4. The lowest BCUT2D eigenvalue weighted by atomic mass is 10.0. The van der Waals surface area contributed by atoms with Crippen LogP contribution in [0.5, 0.6) is 46.0 Å². The average Bonchev–Trinajstić information content (AvgIpc) is 3.15. The SMILES string of the molecule is O.O=c1c2cc(O)c(O)cc2c2cc(O)c(O)cc2n1Cc1ccc(Cl)c(Cl)c1.O=c1c2cc(O)c(O)cc2c2cc(O)c(O)cc2n1Cc1ccc(Cl)c(Cl)c1. The molecule has 2 heterocycles. The second-order valence-electron chi connectivity index (χ2n) is 12.8. The van der Waals surface area contributed by atoms with E-state index in [-0.39, 0.29) is 40.8 Å². The number of aromatic hydroxyl groups is 8. The van der Waals surface area contributed by atoms with Gasteiger partial charge in [0.2, 0.25) is 0 Å². The minimum atomic E-state index is -0.450. The van der Waals surface area contributed by atoms with E-state index in [1.807, 2.05) is 0 Å². The third-order valence-corrected chi connectivity index (χ3v) is 10.7. The maximum absolute atomic E-state index is 13.1. The van der Waals surface area contributed by atoms with Crippen LogP contribution in [0.3, 0.4) is 0 Å². The summed E-state index contributed by atoms with van der Waals surface area (Å²) in [7, 11) is 0. The highest BCUT2D eigenvalue weighted by molar-refractivity contribution is 6.42. The Kier molecular flexibility index (Phi) is 10.9. The van der Waals surface area contributed by atoms with Gasteiger partial charge in [0.1, 0.15) is 0 Å². The van der Waals surface area contributed by atoms with Crippen LogP contribution >= 0.6 is 46.4 Å². The largest absolute Gasteiger partial charge is 0.504 e. The van der Waals surface area contributed by atoms with E-state index in [0.717, 1.165) is 0 Å². The lowest BCUT2D eigenvalue weighted by Gasteiger charge is -2.15. The van der Waals surface area contributed by atoms with Crippen molar-refractivity contribution in [3.63, 3.8) is 0 Å². The molecule has 0 fully saturated rings. The Morgan fingerprint density at radius 3 is 0.965 bits per heavy atom. The molecule has 2 aromatic heterocycles. The van der Waals surface area contributed by atoms with Crippen LogP contribution in [0.25, 0.3) is 43.4 Å². The van der Waals surface area contributed by atoms with Crippen molar-refractivity contribution in [3.8, 4) is 46.0 Å². The van der Waals surface area contributed by atoms with Crippen LogP contribution in [0.2, 0.25) is 20.1 Å². The van der Waals surface area contributed by atoms with E-state index in [2.05, 4.69) is 0 Å². The maximum atomic E-state index is 13.1. The zero-order valence-electron chi connectivity index (χ0n) is 28.8. The first kappa shape index (κ1) is 40.4. The Morgan fingerprint density at radius 2 is 0.649 bits per heavy atom. The smallest absolute Gasteiger partial charge is 0.259 e. The Bertz CT molecular complexity index is 2870. The molecule has 0 aliphatic heterocycles. The first-order chi connectivity index (χ1) is 26.5. The topological polar surface area (TPSA) is 237 Å². The molecular weight excluding hydrogens is 826 g/mol. The third kappa shape index (κ3) is 7.42. The Morgan fingerprint density at radius 1 is 0.368 bits per heavy atom. The molecule has 0 spiro atoms. The molecule has 8 aromatic rings. The fourth-order valence-electron chi connectivity index (χ4n) is 6.43. The monoisotopic (exact) mass is 852 g/mol. The number of rotatable bonds is 4. The van der Waals surface area contributed by atoms with Gasteiger partial charge in [-0.15, -0.1) is 0 Å². The van der Waals surface area contributed by atoms with Crippen LogP contribution in [0, 0.1) is 0 Å². The summed E-state index contributed by atoms with van der Waals surface area (Å²) in [5, 5.41) is 82.4. The number of hydrogen-bond acceptors (Lipinski definition) is 10. The predicted molar refractivity (Wildman–Crippen MR) is 219 cm³/mol. The first-order valence-corrected chi connectivity index (χ1v) is 17.8. The van der Waals surface area contributed by atoms with Crippen LogP contribution in [-0.2, 0) is 13.1 Å². The van der Waals surface area contributed by atoms with Gasteiger partial charge in [0.15, 0.2) is 46.0 Å². The molecule has 0 amide bonds. The van der Waals surface area contributed by atoms with Crippen molar-refractivity contribution in [2.75, 3.05) is 0 Å². The van der Waals surface area contributed by atoms with Crippen molar-refractivity contribution in [2.45, 2.75) is 13.1 Å². The number of pyridine rings is 2. The summed E-state index contributed by atoms with van der Waals surface area (Å²) in [6.45, 7) is 0.210. The van der Waals surface area contributed by atoms with E-state index >= 15 is 0 Å². The fraction of sp³-hybridized carbons (Fsp3) is 0.0500. The van der Waals surface area contributed by atoms with E-state index in [0.29, 0.717) is 63.8 Å². The van der Waals surface area contributed by atoms with Crippen molar-refractivity contribution < 1.29 is 46.3 Å². The third-order valence-electron chi connectivity index (χ3n) is 9.18. The van der Waals surface area contributed by atoms with Crippen LogP contribution in [0.15, 0.2) is 94.5 Å². The minimum Gasteiger partial charge on any atom is -0.504 e. The number of aromatic nitrogens is 2. The molecule has 0 saturated carbocycles. The summed E-state index contributed by atoms with van der Waals surface area (Å²) in [5.74, 6) is -3.21. The zero-order valence-corrected chi connectivity index (χ0v) is 31.8. The standard InChI is InChI=1S/2C20H13Cl2NO5.H2O/c2*21-13-2-1-9(3-14(13)22)8-23-15-7-19(27)17(25)5-11(15)10-4-16(24)18(26)6-12(10)20(23)28;/h2*1-7,24-27H,8H2;1H2. The lowest BCUT2D eigenvalue weighted by molar-refractivity contribution is 0.404. The van der Waals surface area contributed by atoms with Gasteiger partial charge in [0.05, 0.1) is 55.0 Å². The Labute approximate surface area is 339 Å². The molecule has 292 valence electrons. The number of hydrogen-bond donors (Lipinski definition) is 8. The van der Waals surface area contributed by atoms with Crippen molar-refractivity contribution in [3.05, 3.63) is 137 Å². The molecule has 13 nitrogen and oxygen atoms in total. The van der Waals surface area contributed by atoms with Gasteiger partial charge < -0.3 is 55.5 Å². The Balaban J connectivity index is 0.000000189. The zero-order chi connectivity index (χ0) is 40.3. The van der Waals surface area contributed by atoms with Crippen molar-refractivity contribution in [2.24, 2.45) is 0 Å². The van der Waals surface area contributed by atoms with Gasteiger partial charge in [-0.25, -0.2) is 0 Å². The molecule has 8 rings (SSSR count). The van der Waals surface area contributed by atoms with Crippen LogP contribution in [0.4, 0.5) is 0 Å². The van der Waals surface area contributed by atoms with E-state index in [1.165, 1.54) is 57.7 Å². The molecule has 0 radical (unpaired) electrons. The highest BCUT2D eigenvalue weighted by Crippen LogP contribution is 2.39. The van der Waals surface area contributed by atoms with E-state index in [9.17, 15) is 50.4 Å². The minimum absolute atomic E-state index is 0. The highest BCUT2D eigenvalue weighted by Gasteiger charge is 2.19. The summed E-state index contributed by atoms with van der Waals surface area (Å²) in [5.41, 5.74) is 1.15. The van der Waals surface area contributed by atoms with Crippen molar-refractivity contribution >= 4 is 89.8 Å². The van der Waals surface area contributed by atoms with Crippen LogP contribution in [0.1, 0.15) is 11.1 Å². The molecular formula is C40H28Cl4N2O11. The van der Waals surface area contributed by atoms with E-state index in [1.54, 1.807) is 36.4 Å². The molecule has 0 bridgehead atoms. The highest BCUT2D eigenvalue weighted by atomic mass is 35.5. The van der Waals surface area contributed by atoms with Gasteiger partial charge in [0.25, 0.3) is 11.1 Å². The first-order valence-electron chi connectivity index (χ1n) is 16.3. The average molecular weight is 854 g/mol. The van der Waals surface area contributed by atoms with Gasteiger partial charge in [-0.1, -0.05) is 58.5 Å². The van der Waals surface area contributed by atoms with Crippen molar-refractivity contribution in [1.82, 2.24) is 9.13 Å². The van der Waals surface area contributed by atoms with Gasteiger partial charge >= 0.3 is 0 Å². The molecule has 0 unspecified atom stereocenters. The molecule has 0 aliphatic carbocycles. The summed E-state index contributed by atoms with van der Waals surface area (Å²) in [4.78, 5) is 26.3. The number of halogens is 4.